The lowest BCUT2D eigenvalue weighted by Gasteiger charge is -2.14. The number of hydrogen-bond donors (Lipinski definition) is 1. The van der Waals surface area contributed by atoms with Crippen molar-refractivity contribution in [2.24, 2.45) is 7.05 Å². The van der Waals surface area contributed by atoms with Gasteiger partial charge in [0, 0.05) is 34.2 Å². The summed E-state index contributed by atoms with van der Waals surface area (Å²) in [5.74, 6) is 2.42. The van der Waals surface area contributed by atoms with E-state index >= 15 is 0 Å². The molecule has 0 aliphatic carbocycles. The van der Waals surface area contributed by atoms with Crippen LogP contribution in [0.2, 0.25) is 5.15 Å². The van der Waals surface area contributed by atoms with Crippen LogP contribution in [0.25, 0.3) is 0 Å². The smallest absolute Gasteiger partial charge is 0.130 e. The molecule has 0 amide bonds. The van der Waals surface area contributed by atoms with Crippen LogP contribution in [0.4, 0.5) is 0 Å². The van der Waals surface area contributed by atoms with Gasteiger partial charge in [0.05, 0.1) is 5.69 Å². The second-order valence-electron chi connectivity index (χ2n) is 5.42. The Hall–Kier alpha value is -0.490. The van der Waals surface area contributed by atoms with Crippen molar-refractivity contribution in [1.29, 1.82) is 0 Å². The van der Waals surface area contributed by atoms with Crippen LogP contribution in [-0.2, 0) is 25.6 Å². The number of halogens is 1. The molecule has 3 nitrogen and oxygen atoms in total. The molecule has 0 spiro atoms. The summed E-state index contributed by atoms with van der Waals surface area (Å²) in [6.07, 6.45) is 2.11. The largest absolute Gasteiger partial charge is 0.312 e. The minimum Gasteiger partial charge on any atom is -0.312 e. The molecule has 0 aromatic carbocycles. The highest BCUT2D eigenvalue weighted by Gasteiger charge is 2.21. The van der Waals surface area contributed by atoms with Gasteiger partial charge in [-0.1, -0.05) is 11.6 Å². The summed E-state index contributed by atoms with van der Waals surface area (Å²) in [5, 5.41) is 8.62. The molecule has 0 fully saturated rings. The number of rotatable bonds is 4. The van der Waals surface area contributed by atoms with Crippen LogP contribution in [0.3, 0.4) is 0 Å². The minimum absolute atomic E-state index is 0.311. The van der Waals surface area contributed by atoms with Crippen LogP contribution in [0.1, 0.15) is 32.6 Å². The fraction of sp³-hybridized carbons (Fsp3) is 0.533. The van der Waals surface area contributed by atoms with Crippen molar-refractivity contribution in [3.05, 3.63) is 37.8 Å². The molecule has 1 aliphatic rings. The molecule has 3 heterocycles. The average Bonchev–Trinajstić information content (AvgIpc) is 3.00. The zero-order valence-electron chi connectivity index (χ0n) is 12.6. The number of nitrogens with zero attached hydrogens (tertiary/aromatic N) is 2. The molecule has 2 aromatic heterocycles. The topological polar surface area (TPSA) is 29.9 Å². The predicted molar refractivity (Wildman–Crippen MR) is 92.6 cm³/mol. The summed E-state index contributed by atoms with van der Waals surface area (Å²) in [7, 11) is 3.92. The zero-order valence-corrected chi connectivity index (χ0v) is 15.0. The van der Waals surface area contributed by atoms with E-state index < -0.39 is 0 Å². The Morgan fingerprint density at radius 2 is 2.33 bits per heavy atom. The number of likely N-dealkylation sites (N-methyl/N-ethyl adjacent to an activating group) is 1. The molecule has 0 saturated carbocycles. The Balaban J connectivity index is 1.86. The number of fused-ring (bicyclic) bond motifs is 1. The summed E-state index contributed by atoms with van der Waals surface area (Å²) < 4.78 is 1.76. The lowest BCUT2D eigenvalue weighted by atomic mass is 10.0. The van der Waals surface area contributed by atoms with E-state index in [1.165, 1.54) is 22.6 Å². The number of nitrogens with one attached hydrogen (secondary N) is 1. The van der Waals surface area contributed by atoms with E-state index in [-0.39, 0.29) is 0 Å². The van der Waals surface area contributed by atoms with E-state index in [0.717, 1.165) is 28.6 Å². The number of aromatic nitrogens is 2. The first-order valence-electron chi connectivity index (χ1n) is 7.14. The summed E-state index contributed by atoms with van der Waals surface area (Å²) in [4.78, 5) is 2.99. The SMILES string of the molecule is CNC(Cc1c(C)nn(C)c1Cl)c1cc2c(s1)CCSC2. The van der Waals surface area contributed by atoms with Crippen molar-refractivity contribution in [3.8, 4) is 0 Å². The third kappa shape index (κ3) is 3.02. The Morgan fingerprint density at radius 1 is 1.52 bits per heavy atom. The molecule has 3 rings (SSSR count). The van der Waals surface area contributed by atoms with Crippen molar-refractivity contribution < 1.29 is 0 Å². The van der Waals surface area contributed by atoms with Gasteiger partial charge in [-0.25, -0.2) is 0 Å². The van der Waals surface area contributed by atoms with Crippen LogP contribution in [-0.4, -0.2) is 22.6 Å². The molecular formula is C15H20ClN3S2. The molecule has 2 aromatic rings. The fourth-order valence-electron chi connectivity index (χ4n) is 2.80. The third-order valence-electron chi connectivity index (χ3n) is 4.02. The second-order valence-corrected chi connectivity index (χ2v) is 8.06. The van der Waals surface area contributed by atoms with E-state index in [1.54, 1.807) is 9.56 Å². The molecule has 0 radical (unpaired) electrons. The van der Waals surface area contributed by atoms with Gasteiger partial charge in [-0.15, -0.1) is 11.3 Å². The first kappa shape index (κ1) is 15.4. The van der Waals surface area contributed by atoms with Crippen molar-refractivity contribution in [2.45, 2.75) is 31.6 Å². The molecule has 1 N–H and O–H groups in total. The van der Waals surface area contributed by atoms with Crippen LogP contribution in [0.15, 0.2) is 6.07 Å². The maximum absolute atomic E-state index is 6.38. The van der Waals surface area contributed by atoms with Gasteiger partial charge >= 0.3 is 0 Å². The Morgan fingerprint density at radius 3 is 2.95 bits per heavy atom. The highest BCUT2D eigenvalue weighted by atomic mass is 35.5. The van der Waals surface area contributed by atoms with Crippen LogP contribution in [0, 0.1) is 6.92 Å². The first-order valence-corrected chi connectivity index (χ1v) is 9.49. The lowest BCUT2D eigenvalue weighted by Crippen LogP contribution is -2.18. The standard InChI is InChI=1S/C15H20ClN3S2/c1-9-11(15(16)19(3)18-9)7-12(17-2)14-6-10-8-20-5-4-13(10)21-14/h6,12,17H,4-5,7-8H2,1-3H3. The summed E-state index contributed by atoms with van der Waals surface area (Å²) in [5.41, 5.74) is 3.71. The van der Waals surface area contributed by atoms with Gasteiger partial charge in [0.2, 0.25) is 0 Å². The van der Waals surface area contributed by atoms with Gasteiger partial charge in [0.25, 0.3) is 0 Å². The quantitative estimate of drug-likeness (QED) is 0.918. The maximum Gasteiger partial charge on any atom is 0.130 e. The van der Waals surface area contributed by atoms with Gasteiger partial charge in [0.15, 0.2) is 0 Å². The second kappa shape index (κ2) is 6.32. The Labute approximate surface area is 139 Å². The molecular weight excluding hydrogens is 322 g/mol. The minimum atomic E-state index is 0.311. The fourth-order valence-corrected chi connectivity index (χ4v) is 5.53. The van der Waals surface area contributed by atoms with Gasteiger partial charge in [-0.05, 0) is 44.2 Å². The molecule has 1 unspecified atom stereocenters. The molecule has 0 saturated heterocycles. The van der Waals surface area contributed by atoms with Crippen LogP contribution >= 0.6 is 34.7 Å². The molecule has 0 bridgehead atoms. The number of aryl methyl sites for hydroxylation is 3. The molecule has 1 atom stereocenters. The van der Waals surface area contributed by atoms with Gasteiger partial charge in [-0.3, -0.25) is 4.68 Å². The normalized spacial score (nSPS) is 16.0. The first-order chi connectivity index (χ1) is 10.1. The molecule has 6 heteroatoms. The number of hydrogen-bond acceptors (Lipinski definition) is 4. The van der Waals surface area contributed by atoms with Gasteiger partial charge < -0.3 is 5.32 Å². The highest BCUT2D eigenvalue weighted by molar-refractivity contribution is 7.98. The van der Waals surface area contributed by atoms with Crippen molar-refractivity contribution in [2.75, 3.05) is 12.8 Å². The Kier molecular flexibility index (Phi) is 4.64. The van der Waals surface area contributed by atoms with Gasteiger partial charge in [-0.2, -0.15) is 16.9 Å². The van der Waals surface area contributed by atoms with E-state index in [2.05, 4.69) is 16.5 Å². The summed E-state index contributed by atoms with van der Waals surface area (Å²) >= 11 is 10.4. The van der Waals surface area contributed by atoms with E-state index in [0.29, 0.717) is 6.04 Å². The third-order valence-corrected chi connectivity index (χ3v) is 6.85. The maximum atomic E-state index is 6.38. The molecule has 114 valence electrons. The zero-order chi connectivity index (χ0) is 15.0. The van der Waals surface area contributed by atoms with E-state index in [9.17, 15) is 0 Å². The summed E-state index contributed by atoms with van der Waals surface area (Å²) in [6.45, 7) is 2.03. The van der Waals surface area contributed by atoms with Crippen molar-refractivity contribution in [3.63, 3.8) is 0 Å². The molecule has 1 aliphatic heterocycles. The predicted octanol–water partition coefficient (Wildman–Crippen LogP) is 3.74. The molecule has 21 heavy (non-hydrogen) atoms. The average molecular weight is 342 g/mol. The van der Waals surface area contributed by atoms with Crippen LogP contribution < -0.4 is 5.32 Å². The van der Waals surface area contributed by atoms with E-state index in [4.69, 9.17) is 11.6 Å². The van der Waals surface area contributed by atoms with E-state index in [1.807, 2.05) is 44.1 Å². The Bertz CT molecular complexity index is 624. The number of thiophene rings is 1. The summed E-state index contributed by atoms with van der Waals surface area (Å²) in [6, 6.07) is 2.69. The highest BCUT2D eigenvalue weighted by Crippen LogP contribution is 2.36. The van der Waals surface area contributed by atoms with Gasteiger partial charge in [0.1, 0.15) is 5.15 Å². The monoisotopic (exact) mass is 341 g/mol. The lowest BCUT2D eigenvalue weighted by molar-refractivity contribution is 0.600. The van der Waals surface area contributed by atoms with Crippen molar-refractivity contribution in [1.82, 2.24) is 15.1 Å². The number of thioether (sulfide) groups is 1. The van der Waals surface area contributed by atoms with Crippen molar-refractivity contribution >= 4 is 34.7 Å². The van der Waals surface area contributed by atoms with Crippen LogP contribution in [0.5, 0.6) is 0 Å².